The fourth-order valence-electron chi connectivity index (χ4n) is 11.0. The first kappa shape index (κ1) is 35.2. The van der Waals surface area contributed by atoms with Gasteiger partial charge in [-0.3, -0.25) is 0 Å². The van der Waals surface area contributed by atoms with Crippen LogP contribution in [0.5, 0.6) is 0 Å². The summed E-state index contributed by atoms with van der Waals surface area (Å²) in [5.74, 6) is 0. The summed E-state index contributed by atoms with van der Waals surface area (Å²) in [5, 5.41) is 2.49. The Morgan fingerprint density at radius 2 is 0.754 bits per heavy atom. The average molecular weight is 776 g/mol. The van der Waals surface area contributed by atoms with E-state index < -0.39 is 10.8 Å². The summed E-state index contributed by atoms with van der Waals surface area (Å²) in [6.07, 6.45) is 0. The zero-order valence-electron chi connectivity index (χ0n) is 33.6. The highest BCUT2D eigenvalue weighted by atomic mass is 15.1. The lowest BCUT2D eigenvalue weighted by atomic mass is 9.67. The first-order chi connectivity index (χ1) is 30.3. The third kappa shape index (κ3) is 5.01. The fourth-order valence-corrected chi connectivity index (χ4v) is 11.0. The molecule has 0 fully saturated rings. The van der Waals surface area contributed by atoms with Crippen LogP contribution in [0, 0.1) is 0 Å². The number of benzene rings is 10. The van der Waals surface area contributed by atoms with Gasteiger partial charge in [0, 0.05) is 16.9 Å². The number of hydrogen-bond donors (Lipinski definition) is 0. The molecule has 0 saturated carbocycles. The molecule has 286 valence electrons. The van der Waals surface area contributed by atoms with Gasteiger partial charge in [-0.1, -0.05) is 218 Å². The largest absolute Gasteiger partial charge is 0.310 e. The molecule has 0 atom stereocenters. The van der Waals surface area contributed by atoms with E-state index in [1.165, 1.54) is 77.5 Å². The van der Waals surface area contributed by atoms with E-state index in [1.54, 1.807) is 0 Å². The van der Waals surface area contributed by atoms with Crippen molar-refractivity contribution >= 4 is 27.8 Å². The SMILES string of the molecule is c1ccc(N(c2ccc3c(c2)C(c2ccccc2)(c2ccccc2)c2ccccc2-3)c2cccc3c2-c2c(ccc4ccccc24)C3(c2ccccc2)c2ccccc2)cc1. The number of para-hydroxylation sites is 1. The van der Waals surface area contributed by atoms with E-state index in [0.29, 0.717) is 0 Å². The Hall–Kier alpha value is -7.74. The molecule has 0 heterocycles. The molecule has 2 aliphatic rings. The minimum absolute atomic E-state index is 0.524. The molecule has 0 saturated heterocycles. The Balaban J connectivity index is 1.19. The smallest absolute Gasteiger partial charge is 0.0714 e. The molecule has 61 heavy (non-hydrogen) atoms. The fraction of sp³-hybridized carbons (Fsp3) is 0.0333. The van der Waals surface area contributed by atoms with E-state index >= 15 is 0 Å². The molecule has 12 rings (SSSR count). The summed E-state index contributed by atoms with van der Waals surface area (Å²) >= 11 is 0. The van der Waals surface area contributed by atoms with Crippen molar-refractivity contribution in [3.05, 3.63) is 293 Å². The zero-order valence-corrected chi connectivity index (χ0v) is 33.6. The van der Waals surface area contributed by atoms with Gasteiger partial charge in [-0.25, -0.2) is 0 Å². The Morgan fingerprint density at radius 1 is 0.279 bits per heavy atom. The molecule has 0 bridgehead atoms. The molecule has 10 aromatic carbocycles. The highest BCUT2D eigenvalue weighted by Gasteiger charge is 2.49. The lowest BCUT2D eigenvalue weighted by Crippen LogP contribution is -2.29. The van der Waals surface area contributed by atoms with Crippen molar-refractivity contribution in [1.82, 2.24) is 0 Å². The molecule has 0 aliphatic heterocycles. The van der Waals surface area contributed by atoms with Crippen molar-refractivity contribution in [3.63, 3.8) is 0 Å². The molecular formula is C60H41N. The molecule has 10 aromatic rings. The van der Waals surface area contributed by atoms with Crippen LogP contribution in [0.4, 0.5) is 17.1 Å². The first-order valence-corrected chi connectivity index (χ1v) is 21.3. The van der Waals surface area contributed by atoms with E-state index in [0.717, 1.165) is 17.1 Å². The zero-order chi connectivity index (χ0) is 40.4. The molecule has 0 aromatic heterocycles. The maximum absolute atomic E-state index is 2.51. The third-order valence-electron chi connectivity index (χ3n) is 13.4. The van der Waals surface area contributed by atoms with Gasteiger partial charge < -0.3 is 4.90 Å². The quantitative estimate of drug-likeness (QED) is 0.156. The predicted octanol–water partition coefficient (Wildman–Crippen LogP) is 15.0. The van der Waals surface area contributed by atoms with Gasteiger partial charge >= 0.3 is 0 Å². The summed E-state index contributed by atoms with van der Waals surface area (Å²) in [6.45, 7) is 0. The molecule has 0 radical (unpaired) electrons. The molecule has 0 amide bonds. The Morgan fingerprint density at radius 3 is 1.38 bits per heavy atom. The monoisotopic (exact) mass is 775 g/mol. The maximum Gasteiger partial charge on any atom is 0.0714 e. The minimum atomic E-state index is -0.551. The van der Waals surface area contributed by atoms with Crippen molar-refractivity contribution in [2.45, 2.75) is 10.8 Å². The van der Waals surface area contributed by atoms with E-state index in [-0.39, 0.29) is 0 Å². The molecule has 1 heteroatoms. The molecule has 1 nitrogen and oxygen atoms in total. The molecule has 0 unspecified atom stereocenters. The average Bonchev–Trinajstić information content (AvgIpc) is 3.82. The van der Waals surface area contributed by atoms with Crippen LogP contribution in [0.3, 0.4) is 0 Å². The van der Waals surface area contributed by atoms with Crippen LogP contribution in [-0.4, -0.2) is 0 Å². The van der Waals surface area contributed by atoms with Crippen LogP contribution in [0.1, 0.15) is 44.5 Å². The van der Waals surface area contributed by atoms with Crippen LogP contribution < -0.4 is 4.90 Å². The summed E-state index contributed by atoms with van der Waals surface area (Å²) in [4.78, 5) is 2.51. The highest BCUT2D eigenvalue weighted by Crippen LogP contribution is 2.62. The van der Waals surface area contributed by atoms with Crippen LogP contribution in [0.15, 0.2) is 249 Å². The number of fused-ring (bicyclic) bond motifs is 8. The first-order valence-electron chi connectivity index (χ1n) is 21.3. The van der Waals surface area contributed by atoms with Crippen molar-refractivity contribution in [3.8, 4) is 22.3 Å². The number of anilines is 3. The van der Waals surface area contributed by atoms with Crippen molar-refractivity contribution in [1.29, 1.82) is 0 Å². The van der Waals surface area contributed by atoms with Crippen molar-refractivity contribution < 1.29 is 0 Å². The summed E-state index contributed by atoms with van der Waals surface area (Å²) in [5.41, 5.74) is 17.6. The van der Waals surface area contributed by atoms with Gasteiger partial charge in [0.2, 0.25) is 0 Å². The third-order valence-corrected chi connectivity index (χ3v) is 13.4. The second-order valence-corrected chi connectivity index (χ2v) is 16.3. The number of rotatable bonds is 7. The molecule has 0 N–H and O–H groups in total. The summed E-state index contributed by atoms with van der Waals surface area (Å²) < 4.78 is 0. The van der Waals surface area contributed by atoms with Crippen molar-refractivity contribution in [2.24, 2.45) is 0 Å². The molecular weight excluding hydrogens is 735 g/mol. The van der Waals surface area contributed by atoms with Gasteiger partial charge in [0.15, 0.2) is 0 Å². The van der Waals surface area contributed by atoms with Gasteiger partial charge in [0.05, 0.1) is 16.5 Å². The topological polar surface area (TPSA) is 3.24 Å². The highest BCUT2D eigenvalue weighted by molar-refractivity contribution is 6.08. The Labute approximate surface area is 357 Å². The van der Waals surface area contributed by atoms with Gasteiger partial charge in [0.25, 0.3) is 0 Å². The van der Waals surface area contributed by atoms with E-state index in [2.05, 4.69) is 254 Å². The number of nitrogens with zero attached hydrogens (tertiary/aromatic N) is 1. The van der Waals surface area contributed by atoms with Crippen LogP contribution >= 0.6 is 0 Å². The van der Waals surface area contributed by atoms with E-state index in [4.69, 9.17) is 0 Å². The van der Waals surface area contributed by atoms with Crippen LogP contribution in [-0.2, 0) is 10.8 Å². The lowest BCUT2D eigenvalue weighted by molar-refractivity contribution is 0.768. The van der Waals surface area contributed by atoms with Crippen molar-refractivity contribution in [2.75, 3.05) is 4.90 Å². The number of hydrogen-bond acceptors (Lipinski definition) is 1. The minimum Gasteiger partial charge on any atom is -0.310 e. The van der Waals surface area contributed by atoms with Gasteiger partial charge in [-0.2, -0.15) is 0 Å². The molecule has 2 aliphatic carbocycles. The Kier molecular flexibility index (Phi) is 8.05. The summed E-state index contributed by atoms with van der Waals surface area (Å²) in [6, 6.07) is 92.3. The second kappa shape index (κ2) is 13.9. The van der Waals surface area contributed by atoms with Gasteiger partial charge in [-0.15, -0.1) is 0 Å². The lowest BCUT2D eigenvalue weighted by Gasteiger charge is -2.35. The van der Waals surface area contributed by atoms with Gasteiger partial charge in [-0.05, 0) is 102 Å². The maximum atomic E-state index is 2.51. The summed E-state index contributed by atoms with van der Waals surface area (Å²) in [7, 11) is 0. The van der Waals surface area contributed by atoms with E-state index in [1.807, 2.05) is 0 Å². The van der Waals surface area contributed by atoms with E-state index in [9.17, 15) is 0 Å². The Bertz CT molecular complexity index is 3150. The van der Waals surface area contributed by atoms with Gasteiger partial charge in [0.1, 0.15) is 0 Å². The standard InChI is InChI=1S/C60H41N/c1-6-22-43(23-7-1)59(44-24-8-2-9-25-44)52-34-19-18-33-50(52)51-39-38-48(41-55(51)59)61(47-30-14-5-15-31-47)56-36-20-35-53-58(56)57-49-32-17-16-21-42(49)37-40-54(57)60(53,45-26-10-3-11-27-45)46-28-12-4-13-29-46/h1-41H. The molecule has 0 spiro atoms. The predicted molar refractivity (Wildman–Crippen MR) is 253 cm³/mol. The second-order valence-electron chi connectivity index (χ2n) is 16.3. The normalized spacial score (nSPS) is 13.8. The van der Waals surface area contributed by atoms with Crippen LogP contribution in [0.25, 0.3) is 33.0 Å². The van der Waals surface area contributed by atoms with Crippen LogP contribution in [0.2, 0.25) is 0 Å².